The second kappa shape index (κ2) is 11.5. The van der Waals surface area contributed by atoms with Crippen molar-refractivity contribution in [1.82, 2.24) is 5.43 Å². The number of benzene rings is 3. The average Bonchev–Trinajstić information content (AvgIpc) is 3.36. The number of ether oxygens (including phenoxy) is 1. The molecule has 0 atom stereocenters. The third kappa shape index (κ3) is 6.25. The van der Waals surface area contributed by atoms with Crippen LogP contribution in [0, 0.1) is 0 Å². The SMILES string of the molecule is O=C(N/N=C\c1cc(Cl)c(OCc2ccc(Cl)c(Cl)c2)c(Br)c1)c1ccc(N2CCCC2)cc1. The first-order valence-electron chi connectivity index (χ1n) is 10.6. The number of nitrogens with one attached hydrogen (secondary N) is 1. The highest BCUT2D eigenvalue weighted by Crippen LogP contribution is 2.35. The van der Waals surface area contributed by atoms with Gasteiger partial charge in [-0.1, -0.05) is 40.9 Å². The van der Waals surface area contributed by atoms with Crippen molar-refractivity contribution in [2.24, 2.45) is 5.10 Å². The molecule has 1 N–H and O–H groups in total. The first-order chi connectivity index (χ1) is 16.4. The highest BCUT2D eigenvalue weighted by molar-refractivity contribution is 9.10. The fourth-order valence-corrected chi connectivity index (χ4v) is 4.92. The Morgan fingerprint density at radius 2 is 1.74 bits per heavy atom. The summed E-state index contributed by atoms with van der Waals surface area (Å²) in [6.45, 7) is 2.40. The summed E-state index contributed by atoms with van der Waals surface area (Å²) in [5.74, 6) is 0.211. The number of amides is 1. The molecule has 34 heavy (non-hydrogen) atoms. The van der Waals surface area contributed by atoms with E-state index in [0.29, 0.717) is 36.4 Å². The smallest absolute Gasteiger partial charge is 0.271 e. The van der Waals surface area contributed by atoms with Gasteiger partial charge in [0.2, 0.25) is 0 Å². The molecule has 0 unspecified atom stereocenters. The third-order valence-electron chi connectivity index (χ3n) is 5.37. The summed E-state index contributed by atoms with van der Waals surface area (Å²) in [6.07, 6.45) is 3.94. The van der Waals surface area contributed by atoms with Crippen LogP contribution in [0.3, 0.4) is 0 Å². The van der Waals surface area contributed by atoms with E-state index < -0.39 is 0 Å². The van der Waals surface area contributed by atoms with Crippen molar-refractivity contribution in [2.75, 3.05) is 18.0 Å². The molecule has 176 valence electrons. The molecular weight excluding hydrogens is 561 g/mol. The molecule has 0 radical (unpaired) electrons. The second-order valence-corrected chi connectivity index (χ2v) is 9.87. The van der Waals surface area contributed by atoms with Crippen molar-refractivity contribution in [3.05, 3.63) is 90.8 Å². The van der Waals surface area contributed by atoms with Crippen LogP contribution in [0.1, 0.15) is 34.3 Å². The van der Waals surface area contributed by atoms with E-state index in [4.69, 9.17) is 39.5 Å². The molecule has 0 saturated carbocycles. The van der Waals surface area contributed by atoms with Gasteiger partial charge in [0, 0.05) is 24.3 Å². The topological polar surface area (TPSA) is 53.9 Å². The van der Waals surface area contributed by atoms with Crippen molar-refractivity contribution in [2.45, 2.75) is 19.4 Å². The minimum absolute atomic E-state index is 0.273. The summed E-state index contributed by atoms with van der Waals surface area (Å²) in [5.41, 5.74) is 5.79. The lowest BCUT2D eigenvalue weighted by molar-refractivity contribution is 0.0955. The Balaban J connectivity index is 1.35. The molecule has 9 heteroatoms. The molecule has 3 aromatic carbocycles. The first-order valence-corrected chi connectivity index (χ1v) is 12.6. The van der Waals surface area contributed by atoms with Crippen molar-refractivity contribution in [3.8, 4) is 5.75 Å². The molecule has 5 nitrogen and oxygen atoms in total. The summed E-state index contributed by atoms with van der Waals surface area (Å²) >= 11 is 21.9. The van der Waals surface area contributed by atoms with Crippen LogP contribution in [-0.2, 0) is 6.61 Å². The Bertz CT molecular complexity index is 1190. The monoisotopic (exact) mass is 579 g/mol. The number of carbonyl (C=O) groups excluding carboxylic acids is 1. The molecule has 0 aromatic heterocycles. The van der Waals surface area contributed by atoms with Gasteiger partial charge in [-0.05, 0) is 88.4 Å². The Morgan fingerprint density at radius 3 is 2.41 bits per heavy atom. The van der Waals surface area contributed by atoms with Gasteiger partial charge in [-0.25, -0.2) is 5.43 Å². The zero-order valence-electron chi connectivity index (χ0n) is 18.0. The zero-order valence-corrected chi connectivity index (χ0v) is 21.9. The molecule has 4 rings (SSSR count). The van der Waals surface area contributed by atoms with Gasteiger partial charge in [0.05, 0.1) is 25.8 Å². The number of halogens is 4. The summed E-state index contributed by atoms with van der Waals surface area (Å²) in [6, 6.07) is 16.4. The normalized spacial score (nSPS) is 13.5. The molecule has 1 fully saturated rings. The predicted molar refractivity (Wildman–Crippen MR) is 143 cm³/mol. The van der Waals surface area contributed by atoms with E-state index in [1.54, 1.807) is 24.3 Å². The Labute approximate surface area is 221 Å². The van der Waals surface area contributed by atoms with Gasteiger partial charge in [-0.15, -0.1) is 0 Å². The van der Waals surface area contributed by atoms with Gasteiger partial charge in [0.15, 0.2) is 5.75 Å². The van der Waals surface area contributed by atoms with Crippen LogP contribution >= 0.6 is 50.7 Å². The first kappa shape index (κ1) is 24.9. The predicted octanol–water partition coefficient (Wildman–Crippen LogP) is 7.35. The number of anilines is 1. The molecule has 1 saturated heterocycles. The van der Waals surface area contributed by atoms with Crippen molar-refractivity contribution in [3.63, 3.8) is 0 Å². The van der Waals surface area contributed by atoms with Gasteiger partial charge in [0.25, 0.3) is 5.91 Å². The number of rotatable bonds is 7. The van der Waals surface area contributed by atoms with E-state index in [-0.39, 0.29) is 12.5 Å². The molecule has 0 aliphatic carbocycles. The number of carbonyl (C=O) groups is 1. The van der Waals surface area contributed by atoms with Gasteiger partial charge in [-0.2, -0.15) is 5.10 Å². The molecule has 0 spiro atoms. The summed E-state index contributed by atoms with van der Waals surface area (Å²) in [7, 11) is 0. The van der Waals surface area contributed by atoms with Crippen molar-refractivity contribution in [1.29, 1.82) is 0 Å². The molecule has 1 heterocycles. The fraction of sp³-hybridized carbons (Fsp3) is 0.200. The maximum atomic E-state index is 12.4. The minimum Gasteiger partial charge on any atom is -0.486 e. The Morgan fingerprint density at radius 1 is 1.00 bits per heavy atom. The van der Waals surface area contributed by atoms with E-state index in [2.05, 4.69) is 31.4 Å². The van der Waals surface area contributed by atoms with E-state index in [9.17, 15) is 4.79 Å². The van der Waals surface area contributed by atoms with Gasteiger partial charge in [-0.3, -0.25) is 4.79 Å². The lowest BCUT2D eigenvalue weighted by Gasteiger charge is -2.17. The number of hydrazone groups is 1. The minimum atomic E-state index is -0.282. The largest absolute Gasteiger partial charge is 0.486 e. The van der Waals surface area contributed by atoms with Crippen molar-refractivity contribution < 1.29 is 9.53 Å². The molecule has 0 bridgehead atoms. The summed E-state index contributed by atoms with van der Waals surface area (Å²) in [4.78, 5) is 14.7. The maximum absolute atomic E-state index is 12.4. The van der Waals surface area contributed by atoms with Gasteiger partial charge in [0.1, 0.15) is 6.61 Å². The zero-order chi connectivity index (χ0) is 24.1. The molecule has 1 aliphatic heterocycles. The van der Waals surface area contributed by atoms with E-state index in [1.807, 2.05) is 30.3 Å². The number of hydrogen-bond donors (Lipinski definition) is 1. The Kier molecular flexibility index (Phi) is 8.37. The van der Waals surface area contributed by atoms with Gasteiger partial charge < -0.3 is 9.64 Å². The number of hydrogen-bond acceptors (Lipinski definition) is 4. The van der Waals surface area contributed by atoms with Crippen molar-refractivity contribution >= 4 is 68.5 Å². The average molecular weight is 582 g/mol. The standard InChI is InChI=1S/C25H21BrCl3N3O2/c26-20-11-17(13-23(29)24(20)34-15-16-3-8-21(27)22(28)12-16)14-30-31-25(33)18-4-6-19(7-5-18)32-9-1-2-10-32/h3-8,11-14H,1-2,9-10,15H2,(H,31,33)/b30-14-. The van der Waals surface area contributed by atoms with Crippen LogP contribution in [0.15, 0.2) is 64.2 Å². The second-order valence-electron chi connectivity index (χ2n) is 7.79. The van der Waals surface area contributed by atoms with Crippen LogP contribution < -0.4 is 15.1 Å². The van der Waals surface area contributed by atoms with E-state index >= 15 is 0 Å². The van der Waals surface area contributed by atoms with Gasteiger partial charge >= 0.3 is 0 Å². The molecule has 1 aliphatic rings. The maximum Gasteiger partial charge on any atom is 0.271 e. The van der Waals surface area contributed by atoms with Crippen LogP contribution in [0.5, 0.6) is 5.75 Å². The fourth-order valence-electron chi connectivity index (χ4n) is 3.61. The summed E-state index contributed by atoms with van der Waals surface area (Å²) in [5, 5.41) is 5.41. The van der Waals surface area contributed by atoms with Crippen LogP contribution in [0.2, 0.25) is 15.1 Å². The molecular formula is C25H21BrCl3N3O2. The quantitative estimate of drug-likeness (QED) is 0.234. The van der Waals surface area contributed by atoms with Crippen LogP contribution in [-0.4, -0.2) is 25.2 Å². The van der Waals surface area contributed by atoms with E-state index in [0.717, 1.165) is 24.3 Å². The van der Waals surface area contributed by atoms with E-state index in [1.165, 1.54) is 19.1 Å². The lowest BCUT2D eigenvalue weighted by atomic mass is 10.2. The highest BCUT2D eigenvalue weighted by atomic mass is 79.9. The summed E-state index contributed by atoms with van der Waals surface area (Å²) < 4.78 is 6.51. The molecule has 3 aromatic rings. The van der Waals surface area contributed by atoms with Crippen LogP contribution in [0.25, 0.3) is 0 Å². The Hall–Kier alpha value is -2.25. The highest BCUT2D eigenvalue weighted by Gasteiger charge is 2.13. The molecule has 1 amide bonds. The van der Waals surface area contributed by atoms with Crippen LogP contribution in [0.4, 0.5) is 5.69 Å². The number of nitrogens with zero attached hydrogens (tertiary/aromatic N) is 2. The lowest BCUT2D eigenvalue weighted by Crippen LogP contribution is -2.19. The third-order valence-corrected chi connectivity index (χ3v) is 6.98.